The van der Waals surface area contributed by atoms with Crippen molar-refractivity contribution in [1.29, 1.82) is 0 Å². The predicted molar refractivity (Wildman–Crippen MR) is 225 cm³/mol. The number of hydrogen-bond acceptors (Lipinski definition) is 0. The number of rotatable bonds is 42. The van der Waals surface area contributed by atoms with Crippen LogP contribution in [0.1, 0.15) is 296 Å². The fourth-order valence-corrected chi connectivity index (χ4v) is 7.22. The molecular formula is C48H98Ni. The van der Waals surface area contributed by atoms with E-state index in [0.29, 0.717) is 0 Å². The maximum absolute atomic E-state index is 3.91. The van der Waals surface area contributed by atoms with E-state index in [-0.39, 0.29) is 16.5 Å². The molecule has 0 aliphatic carbocycles. The molecule has 0 aromatic rings. The van der Waals surface area contributed by atoms with Gasteiger partial charge in [-0.05, 0) is 0 Å². The number of hydrogen-bond donors (Lipinski definition) is 0. The summed E-state index contributed by atoms with van der Waals surface area (Å²) in [5, 5.41) is 0. The van der Waals surface area contributed by atoms with Gasteiger partial charge in [0.05, 0.1) is 0 Å². The van der Waals surface area contributed by atoms with Crippen LogP contribution >= 0.6 is 0 Å². The molecule has 0 N–H and O–H groups in total. The second-order valence-electron chi connectivity index (χ2n) is 15.8. The Kier molecular flexibility index (Phi) is 60.7. The first-order valence-corrected chi connectivity index (χ1v) is 23.4. The molecule has 0 bridgehead atoms. The van der Waals surface area contributed by atoms with E-state index in [2.05, 4.69) is 27.7 Å². The molecule has 0 nitrogen and oxygen atoms in total. The molecule has 0 aromatic heterocycles. The van der Waals surface area contributed by atoms with Crippen LogP contribution in [0.3, 0.4) is 0 Å². The molecule has 0 heterocycles. The molecule has 0 saturated carbocycles. The molecule has 1 heteroatoms. The molecule has 0 atom stereocenters. The van der Waals surface area contributed by atoms with E-state index in [4.69, 9.17) is 0 Å². The van der Waals surface area contributed by atoms with Gasteiger partial charge in [0.25, 0.3) is 0 Å². The van der Waals surface area contributed by atoms with Crippen LogP contribution in [-0.4, -0.2) is 0 Å². The van der Waals surface area contributed by atoms with E-state index in [9.17, 15) is 0 Å². The van der Waals surface area contributed by atoms with Crippen LogP contribution in [0.5, 0.6) is 0 Å². The van der Waals surface area contributed by atoms with Crippen molar-refractivity contribution in [2.45, 2.75) is 296 Å². The third kappa shape index (κ3) is 58.1. The molecule has 0 spiro atoms. The van der Waals surface area contributed by atoms with Crippen molar-refractivity contribution in [2.75, 3.05) is 0 Å². The molecule has 0 aliphatic heterocycles. The maximum atomic E-state index is 3.91. The fraction of sp³-hybridized carbons (Fsp3) is 0.958. The smallest absolute Gasteiger partial charge is 0.343 e. The van der Waals surface area contributed by atoms with Crippen LogP contribution in [0.15, 0.2) is 0 Å². The van der Waals surface area contributed by atoms with Crippen molar-refractivity contribution in [2.24, 2.45) is 0 Å². The van der Waals surface area contributed by atoms with Gasteiger partial charge in [0.15, 0.2) is 0 Å². The third-order valence-electron chi connectivity index (χ3n) is 10.7. The van der Waals surface area contributed by atoms with Gasteiger partial charge in [0, 0.05) is 0 Å². The van der Waals surface area contributed by atoms with Crippen molar-refractivity contribution in [3.8, 4) is 0 Å². The Morgan fingerprint density at radius 3 is 0.388 bits per heavy atom. The molecule has 0 saturated heterocycles. The van der Waals surface area contributed by atoms with Crippen LogP contribution in [0.25, 0.3) is 0 Å². The SMILES string of the molecule is [CH2-]CCCCCCCCCCCCCCCCCCCCCCC.[CH2-]CCCCCCCCCCCCCCCCCCCCCCC.[Ni+2]. The van der Waals surface area contributed by atoms with Crippen molar-refractivity contribution < 1.29 is 16.5 Å². The van der Waals surface area contributed by atoms with E-state index in [1.54, 1.807) is 0 Å². The number of unbranched alkanes of at least 4 members (excludes halogenated alkanes) is 42. The van der Waals surface area contributed by atoms with Gasteiger partial charge in [-0.1, -0.05) is 284 Å². The summed E-state index contributed by atoms with van der Waals surface area (Å²) < 4.78 is 0. The zero-order chi connectivity index (χ0) is 35.1. The summed E-state index contributed by atoms with van der Waals surface area (Å²) in [6.07, 6.45) is 63.6. The normalized spacial score (nSPS) is 11.0. The summed E-state index contributed by atoms with van der Waals surface area (Å²) in [6.45, 7) is 12.4. The molecule has 0 aromatic carbocycles. The topological polar surface area (TPSA) is 0 Å². The quantitative estimate of drug-likeness (QED) is 0.0333. The van der Waals surface area contributed by atoms with E-state index in [1.165, 1.54) is 270 Å². The predicted octanol–water partition coefficient (Wildman–Crippen LogP) is 18.8. The summed E-state index contributed by atoms with van der Waals surface area (Å²) in [5.41, 5.74) is 0. The minimum absolute atomic E-state index is 0. The van der Waals surface area contributed by atoms with Gasteiger partial charge < -0.3 is 13.8 Å². The van der Waals surface area contributed by atoms with E-state index >= 15 is 0 Å². The summed E-state index contributed by atoms with van der Waals surface area (Å²) in [5.74, 6) is 0. The monoisotopic (exact) mass is 733 g/mol. The van der Waals surface area contributed by atoms with Crippen LogP contribution < -0.4 is 0 Å². The fourth-order valence-electron chi connectivity index (χ4n) is 7.22. The van der Waals surface area contributed by atoms with Crippen LogP contribution in [0.4, 0.5) is 0 Å². The minimum Gasteiger partial charge on any atom is -0.343 e. The van der Waals surface area contributed by atoms with Crippen molar-refractivity contribution in [1.82, 2.24) is 0 Å². The molecule has 0 aliphatic rings. The summed E-state index contributed by atoms with van der Waals surface area (Å²) >= 11 is 0. The third-order valence-corrected chi connectivity index (χ3v) is 10.7. The Morgan fingerprint density at radius 1 is 0.184 bits per heavy atom. The van der Waals surface area contributed by atoms with Gasteiger partial charge in [0.2, 0.25) is 0 Å². The van der Waals surface area contributed by atoms with Crippen molar-refractivity contribution >= 4 is 0 Å². The molecule has 0 rings (SSSR count). The van der Waals surface area contributed by atoms with Gasteiger partial charge in [-0.2, -0.15) is 12.8 Å². The Hall–Kier alpha value is 0.494. The van der Waals surface area contributed by atoms with E-state index < -0.39 is 0 Å². The largest absolute Gasteiger partial charge is 2.00 e. The first-order chi connectivity index (χ1) is 23.8. The Labute approximate surface area is 325 Å². The van der Waals surface area contributed by atoms with Gasteiger partial charge in [-0.25, -0.2) is 0 Å². The summed E-state index contributed by atoms with van der Waals surface area (Å²) in [4.78, 5) is 0. The Balaban J connectivity index is -0.000000846. The van der Waals surface area contributed by atoms with Crippen LogP contribution in [0, 0.1) is 13.8 Å². The molecule has 0 amide bonds. The molecule has 0 unspecified atom stereocenters. The maximum Gasteiger partial charge on any atom is 2.00 e. The van der Waals surface area contributed by atoms with Crippen molar-refractivity contribution in [3.63, 3.8) is 0 Å². The Morgan fingerprint density at radius 2 is 0.286 bits per heavy atom. The average Bonchev–Trinajstić information content (AvgIpc) is 3.10. The van der Waals surface area contributed by atoms with Crippen molar-refractivity contribution in [3.05, 3.63) is 13.8 Å². The van der Waals surface area contributed by atoms with Crippen LogP contribution in [-0.2, 0) is 16.5 Å². The molecular weight excluding hydrogens is 635 g/mol. The average molecular weight is 734 g/mol. The van der Waals surface area contributed by atoms with E-state index in [1.807, 2.05) is 0 Å². The second-order valence-corrected chi connectivity index (χ2v) is 15.8. The standard InChI is InChI=1S/2C24H49.Ni/c2*1-3-5-7-9-11-13-15-17-19-21-23-24-22-20-18-16-14-12-10-8-6-4-2;/h2*1,3-24H2,2H3;/q2*-1;+2. The molecule has 49 heavy (non-hydrogen) atoms. The summed E-state index contributed by atoms with van der Waals surface area (Å²) in [7, 11) is 0. The molecule has 0 fully saturated rings. The first kappa shape index (κ1) is 53.8. The van der Waals surface area contributed by atoms with Gasteiger partial charge in [-0.3, -0.25) is 0 Å². The second kappa shape index (κ2) is 55.3. The van der Waals surface area contributed by atoms with Crippen LogP contribution in [0.2, 0.25) is 0 Å². The Bertz CT molecular complexity index is 399. The van der Waals surface area contributed by atoms with Gasteiger partial charge in [0.1, 0.15) is 0 Å². The molecule has 300 valence electrons. The molecule has 0 radical (unpaired) electrons. The summed E-state index contributed by atoms with van der Waals surface area (Å²) in [6, 6.07) is 0. The zero-order valence-corrected chi connectivity index (χ0v) is 35.8. The van der Waals surface area contributed by atoms with Gasteiger partial charge in [-0.15, -0.1) is 0 Å². The zero-order valence-electron chi connectivity index (χ0n) is 34.8. The first-order valence-electron chi connectivity index (χ1n) is 23.4. The van der Waals surface area contributed by atoms with Gasteiger partial charge >= 0.3 is 16.5 Å². The minimum atomic E-state index is 0. The van der Waals surface area contributed by atoms with E-state index in [0.717, 1.165) is 12.8 Å².